The minimum Gasteiger partial charge on any atom is -0.367 e. The van der Waals surface area contributed by atoms with Crippen LogP contribution in [-0.2, 0) is 0 Å². The van der Waals surface area contributed by atoms with Gasteiger partial charge < -0.3 is 15.5 Å². The van der Waals surface area contributed by atoms with Crippen molar-refractivity contribution in [3.05, 3.63) is 17.8 Å². The summed E-state index contributed by atoms with van der Waals surface area (Å²) >= 11 is 0. The Labute approximate surface area is 114 Å². The van der Waals surface area contributed by atoms with Crippen LogP contribution in [0, 0.1) is 0 Å². The number of nitrogens with one attached hydrogen (secondary N) is 2. The third-order valence-electron chi connectivity index (χ3n) is 2.85. The molecule has 1 aromatic rings. The van der Waals surface area contributed by atoms with Crippen LogP contribution in [-0.4, -0.2) is 54.2 Å². The van der Waals surface area contributed by atoms with E-state index in [1.165, 1.54) is 0 Å². The van der Waals surface area contributed by atoms with E-state index in [1.807, 2.05) is 0 Å². The van der Waals surface area contributed by atoms with Gasteiger partial charge >= 0.3 is 0 Å². The van der Waals surface area contributed by atoms with E-state index in [0.717, 1.165) is 32.6 Å². The van der Waals surface area contributed by atoms with Crippen molar-refractivity contribution in [2.24, 2.45) is 0 Å². The standard InChI is InChI=1S/C13H23N5O/c1-4-9-18(5-2)10-8-15-12-7-6-11(16-17-12)13(19)14-3/h6-7H,4-5,8-10H2,1-3H3,(H,14,19)(H,15,17). The highest BCUT2D eigenvalue weighted by Crippen LogP contribution is 2.01. The van der Waals surface area contributed by atoms with E-state index in [2.05, 4.69) is 39.6 Å². The van der Waals surface area contributed by atoms with Crippen molar-refractivity contribution in [3.8, 4) is 0 Å². The van der Waals surface area contributed by atoms with Gasteiger partial charge in [-0.05, 0) is 31.6 Å². The molecule has 0 radical (unpaired) electrons. The summed E-state index contributed by atoms with van der Waals surface area (Å²) in [6.45, 7) is 8.30. The van der Waals surface area contributed by atoms with Gasteiger partial charge in [0, 0.05) is 20.1 Å². The quantitative estimate of drug-likeness (QED) is 0.733. The number of carbonyl (C=O) groups excluding carboxylic acids is 1. The maximum absolute atomic E-state index is 11.3. The molecule has 0 aliphatic rings. The highest BCUT2D eigenvalue weighted by molar-refractivity contribution is 5.91. The second-order valence-electron chi connectivity index (χ2n) is 4.24. The average molecular weight is 265 g/mol. The minimum absolute atomic E-state index is 0.223. The van der Waals surface area contributed by atoms with E-state index in [4.69, 9.17) is 0 Å². The SMILES string of the molecule is CCCN(CC)CCNc1ccc(C(=O)NC)nn1. The van der Waals surface area contributed by atoms with Crippen molar-refractivity contribution in [1.82, 2.24) is 20.4 Å². The fraction of sp³-hybridized carbons (Fsp3) is 0.615. The van der Waals surface area contributed by atoms with Crippen LogP contribution in [0.3, 0.4) is 0 Å². The molecule has 2 N–H and O–H groups in total. The summed E-state index contributed by atoms with van der Waals surface area (Å²) in [7, 11) is 1.57. The molecule has 1 aromatic heterocycles. The van der Waals surface area contributed by atoms with E-state index >= 15 is 0 Å². The monoisotopic (exact) mass is 265 g/mol. The molecule has 6 heteroatoms. The molecule has 0 aliphatic carbocycles. The van der Waals surface area contributed by atoms with Crippen LogP contribution in [0.4, 0.5) is 5.82 Å². The molecule has 0 saturated heterocycles. The molecule has 0 aromatic carbocycles. The van der Waals surface area contributed by atoms with Gasteiger partial charge in [-0.15, -0.1) is 10.2 Å². The molecule has 0 unspecified atom stereocenters. The van der Waals surface area contributed by atoms with Crippen molar-refractivity contribution < 1.29 is 4.79 Å². The summed E-state index contributed by atoms with van der Waals surface area (Å²) in [5.41, 5.74) is 0.328. The molecule has 1 heterocycles. The van der Waals surface area contributed by atoms with Crippen LogP contribution in [0.5, 0.6) is 0 Å². The molecular weight excluding hydrogens is 242 g/mol. The first kappa shape index (κ1) is 15.4. The van der Waals surface area contributed by atoms with Gasteiger partial charge in [-0.1, -0.05) is 13.8 Å². The van der Waals surface area contributed by atoms with E-state index in [-0.39, 0.29) is 5.91 Å². The molecule has 6 nitrogen and oxygen atoms in total. The van der Waals surface area contributed by atoms with Crippen molar-refractivity contribution >= 4 is 11.7 Å². The lowest BCUT2D eigenvalue weighted by Gasteiger charge is -2.19. The van der Waals surface area contributed by atoms with Crippen molar-refractivity contribution in [2.45, 2.75) is 20.3 Å². The first-order valence-electron chi connectivity index (χ1n) is 6.73. The zero-order chi connectivity index (χ0) is 14.1. The second-order valence-corrected chi connectivity index (χ2v) is 4.24. The summed E-state index contributed by atoms with van der Waals surface area (Å²) in [5.74, 6) is 0.472. The normalized spacial score (nSPS) is 10.5. The predicted octanol–water partition coefficient (Wildman–Crippen LogP) is 0.980. The Morgan fingerprint density at radius 3 is 2.58 bits per heavy atom. The highest BCUT2D eigenvalue weighted by Gasteiger charge is 2.05. The molecule has 0 saturated carbocycles. The van der Waals surface area contributed by atoms with Crippen LogP contribution in [0.1, 0.15) is 30.8 Å². The number of rotatable bonds is 8. The number of amides is 1. The number of anilines is 1. The molecular formula is C13H23N5O. The number of likely N-dealkylation sites (N-methyl/N-ethyl adjacent to an activating group) is 1. The number of nitrogens with zero attached hydrogens (tertiary/aromatic N) is 3. The lowest BCUT2D eigenvalue weighted by molar-refractivity contribution is 0.0957. The van der Waals surface area contributed by atoms with Gasteiger partial charge in [0.05, 0.1) is 0 Å². The summed E-state index contributed by atoms with van der Waals surface area (Å²) in [5, 5.41) is 13.6. The van der Waals surface area contributed by atoms with Gasteiger partial charge in [-0.3, -0.25) is 4.79 Å². The van der Waals surface area contributed by atoms with Crippen LogP contribution in [0.15, 0.2) is 12.1 Å². The van der Waals surface area contributed by atoms with Gasteiger partial charge in [0.1, 0.15) is 5.82 Å². The molecule has 0 fully saturated rings. The zero-order valence-electron chi connectivity index (χ0n) is 11.9. The van der Waals surface area contributed by atoms with Gasteiger partial charge in [0.2, 0.25) is 0 Å². The molecule has 19 heavy (non-hydrogen) atoms. The Morgan fingerprint density at radius 1 is 1.26 bits per heavy atom. The molecule has 0 atom stereocenters. The first-order chi connectivity index (χ1) is 9.21. The first-order valence-corrected chi connectivity index (χ1v) is 6.73. The van der Waals surface area contributed by atoms with Crippen LogP contribution >= 0.6 is 0 Å². The number of hydrogen-bond acceptors (Lipinski definition) is 5. The Hall–Kier alpha value is -1.69. The lowest BCUT2D eigenvalue weighted by atomic mass is 10.3. The Balaban J connectivity index is 2.39. The van der Waals surface area contributed by atoms with E-state index in [0.29, 0.717) is 11.5 Å². The lowest BCUT2D eigenvalue weighted by Crippen LogP contribution is -2.29. The largest absolute Gasteiger partial charge is 0.367 e. The van der Waals surface area contributed by atoms with Gasteiger partial charge in [-0.25, -0.2) is 0 Å². The summed E-state index contributed by atoms with van der Waals surface area (Å²) in [6, 6.07) is 3.44. The third kappa shape index (κ3) is 5.21. The molecule has 0 bridgehead atoms. The fourth-order valence-corrected chi connectivity index (χ4v) is 1.76. The fourth-order valence-electron chi connectivity index (χ4n) is 1.76. The van der Waals surface area contributed by atoms with Crippen molar-refractivity contribution in [2.75, 3.05) is 38.5 Å². The third-order valence-corrected chi connectivity index (χ3v) is 2.85. The van der Waals surface area contributed by atoms with Crippen LogP contribution in [0.2, 0.25) is 0 Å². The van der Waals surface area contributed by atoms with E-state index in [1.54, 1.807) is 19.2 Å². The molecule has 0 spiro atoms. The van der Waals surface area contributed by atoms with E-state index < -0.39 is 0 Å². The van der Waals surface area contributed by atoms with Gasteiger partial charge in [0.15, 0.2) is 5.69 Å². The van der Waals surface area contributed by atoms with Gasteiger partial charge in [-0.2, -0.15) is 0 Å². The molecule has 1 amide bonds. The maximum Gasteiger partial charge on any atom is 0.271 e. The van der Waals surface area contributed by atoms with E-state index in [9.17, 15) is 4.79 Å². The van der Waals surface area contributed by atoms with Crippen LogP contribution in [0.25, 0.3) is 0 Å². The zero-order valence-corrected chi connectivity index (χ0v) is 11.9. The maximum atomic E-state index is 11.3. The Bertz CT molecular complexity index is 379. The van der Waals surface area contributed by atoms with Crippen LogP contribution < -0.4 is 10.6 Å². The molecule has 106 valence electrons. The summed E-state index contributed by atoms with van der Waals surface area (Å²) < 4.78 is 0. The number of hydrogen-bond donors (Lipinski definition) is 2. The Kier molecular flexibility index (Phi) is 6.81. The predicted molar refractivity (Wildman–Crippen MR) is 76.3 cm³/mol. The van der Waals surface area contributed by atoms with Gasteiger partial charge in [0.25, 0.3) is 5.91 Å². The number of carbonyl (C=O) groups is 1. The second kappa shape index (κ2) is 8.42. The molecule has 1 rings (SSSR count). The smallest absolute Gasteiger partial charge is 0.271 e. The molecule has 0 aliphatic heterocycles. The summed E-state index contributed by atoms with van der Waals surface area (Å²) in [6.07, 6.45) is 1.16. The number of aromatic nitrogens is 2. The summed E-state index contributed by atoms with van der Waals surface area (Å²) in [4.78, 5) is 13.7. The van der Waals surface area contributed by atoms with Crippen molar-refractivity contribution in [3.63, 3.8) is 0 Å². The topological polar surface area (TPSA) is 70.2 Å². The average Bonchev–Trinajstić information content (AvgIpc) is 2.46. The minimum atomic E-state index is -0.223. The van der Waals surface area contributed by atoms with Crippen molar-refractivity contribution in [1.29, 1.82) is 0 Å². The highest BCUT2D eigenvalue weighted by atomic mass is 16.1. The Morgan fingerprint density at radius 2 is 2.05 bits per heavy atom.